The molecular weight excluding hydrogens is 354 g/mol. The number of benzene rings is 2. The Labute approximate surface area is 165 Å². The third-order valence-corrected chi connectivity index (χ3v) is 4.35. The molecule has 0 fully saturated rings. The Morgan fingerprint density at radius 1 is 1.04 bits per heavy atom. The first-order valence-electron chi connectivity index (χ1n) is 9.19. The van der Waals surface area contributed by atoms with Gasteiger partial charge in [0.05, 0.1) is 24.6 Å². The summed E-state index contributed by atoms with van der Waals surface area (Å²) in [6, 6.07) is 19.9. The van der Waals surface area contributed by atoms with Crippen molar-refractivity contribution < 1.29 is 14.3 Å². The lowest BCUT2D eigenvalue weighted by Gasteiger charge is -2.17. The second-order valence-electron chi connectivity index (χ2n) is 6.44. The van der Waals surface area contributed by atoms with Crippen LogP contribution in [0.1, 0.15) is 5.56 Å². The zero-order valence-electron chi connectivity index (χ0n) is 16.2. The van der Waals surface area contributed by atoms with E-state index in [2.05, 4.69) is 0 Å². The van der Waals surface area contributed by atoms with Gasteiger partial charge in [0.15, 0.2) is 0 Å². The molecule has 0 saturated heterocycles. The zero-order chi connectivity index (χ0) is 19.8. The Bertz CT molecular complexity index is 879. The maximum Gasteiger partial charge on any atom is 0.248 e. The molecule has 0 bridgehead atoms. The van der Waals surface area contributed by atoms with Crippen molar-refractivity contribution in [1.82, 2.24) is 14.7 Å². The van der Waals surface area contributed by atoms with Crippen LogP contribution in [-0.2, 0) is 20.8 Å². The Hall–Kier alpha value is -2.96. The fourth-order valence-electron chi connectivity index (χ4n) is 2.83. The molecule has 0 aliphatic heterocycles. The van der Waals surface area contributed by atoms with E-state index in [0.717, 1.165) is 22.5 Å². The number of carbonyl (C=O) groups excluding carboxylic acids is 1. The van der Waals surface area contributed by atoms with Crippen LogP contribution in [0.5, 0.6) is 0 Å². The Balaban J connectivity index is 1.81. The summed E-state index contributed by atoms with van der Waals surface area (Å²) in [5, 5.41) is 4.78. The molecule has 0 N–H and O–H groups in total. The predicted molar refractivity (Wildman–Crippen MR) is 108 cm³/mol. The summed E-state index contributed by atoms with van der Waals surface area (Å²) in [6.07, 6.45) is 1.98. The van der Waals surface area contributed by atoms with Crippen LogP contribution in [0.25, 0.3) is 16.9 Å². The van der Waals surface area contributed by atoms with E-state index in [1.807, 2.05) is 71.5 Å². The van der Waals surface area contributed by atoms with Crippen molar-refractivity contribution in [2.24, 2.45) is 0 Å². The van der Waals surface area contributed by atoms with E-state index in [1.165, 1.54) is 0 Å². The number of amides is 1. The van der Waals surface area contributed by atoms with E-state index in [9.17, 15) is 4.79 Å². The summed E-state index contributed by atoms with van der Waals surface area (Å²) in [6.45, 7) is 1.35. The maximum atomic E-state index is 12.4. The first kappa shape index (κ1) is 19.8. The third-order valence-electron chi connectivity index (χ3n) is 4.35. The quantitative estimate of drug-likeness (QED) is 0.536. The van der Waals surface area contributed by atoms with Gasteiger partial charge in [-0.05, 0) is 12.1 Å². The number of nitrogens with zero attached hydrogens (tertiary/aromatic N) is 3. The van der Waals surface area contributed by atoms with Crippen LogP contribution >= 0.6 is 0 Å². The topological polar surface area (TPSA) is 56.6 Å². The van der Waals surface area contributed by atoms with Crippen LogP contribution in [0.2, 0.25) is 0 Å². The van der Waals surface area contributed by atoms with Gasteiger partial charge in [-0.15, -0.1) is 0 Å². The van der Waals surface area contributed by atoms with E-state index < -0.39 is 0 Å². The molecule has 2 aromatic carbocycles. The van der Waals surface area contributed by atoms with Crippen molar-refractivity contribution in [3.63, 3.8) is 0 Å². The minimum atomic E-state index is -0.0809. The standard InChI is InChI=1S/C22H25N3O3/c1-24(21(26)17-28-14-13-27-2)15-19-16-25(20-11-7-4-8-12-20)23-22(19)18-9-5-3-6-10-18/h3-12,16H,13-15,17H2,1-2H3. The van der Waals surface area contributed by atoms with Gasteiger partial charge in [-0.1, -0.05) is 48.5 Å². The zero-order valence-corrected chi connectivity index (χ0v) is 16.2. The minimum Gasteiger partial charge on any atom is -0.382 e. The second-order valence-corrected chi connectivity index (χ2v) is 6.44. The van der Waals surface area contributed by atoms with Gasteiger partial charge in [-0.2, -0.15) is 5.10 Å². The normalized spacial score (nSPS) is 10.8. The van der Waals surface area contributed by atoms with Gasteiger partial charge in [-0.3, -0.25) is 4.79 Å². The molecule has 6 nitrogen and oxygen atoms in total. The number of likely N-dealkylation sites (N-methyl/N-ethyl adjacent to an activating group) is 1. The number of methoxy groups -OCH3 is 1. The summed E-state index contributed by atoms with van der Waals surface area (Å²) in [7, 11) is 3.38. The Morgan fingerprint density at radius 2 is 1.71 bits per heavy atom. The lowest BCUT2D eigenvalue weighted by atomic mass is 10.1. The van der Waals surface area contributed by atoms with E-state index in [0.29, 0.717) is 19.8 Å². The maximum absolute atomic E-state index is 12.4. The number of hydrogen-bond acceptors (Lipinski definition) is 4. The molecule has 0 saturated carbocycles. The van der Waals surface area contributed by atoms with Crippen LogP contribution in [0.3, 0.4) is 0 Å². The molecule has 1 amide bonds. The van der Waals surface area contributed by atoms with E-state index >= 15 is 0 Å². The van der Waals surface area contributed by atoms with Crippen molar-refractivity contribution >= 4 is 5.91 Å². The fourth-order valence-corrected chi connectivity index (χ4v) is 2.83. The highest BCUT2D eigenvalue weighted by atomic mass is 16.5. The van der Waals surface area contributed by atoms with Gasteiger partial charge >= 0.3 is 0 Å². The molecule has 0 aliphatic carbocycles. The van der Waals surface area contributed by atoms with Crippen LogP contribution in [0.15, 0.2) is 66.9 Å². The lowest BCUT2D eigenvalue weighted by molar-refractivity contribution is -0.135. The summed E-state index contributed by atoms with van der Waals surface area (Å²) in [5.74, 6) is -0.0809. The first-order chi connectivity index (χ1) is 13.7. The molecule has 1 aromatic heterocycles. The highest BCUT2D eigenvalue weighted by Crippen LogP contribution is 2.24. The molecule has 0 unspecified atom stereocenters. The number of ether oxygens (including phenoxy) is 2. The molecular formula is C22H25N3O3. The molecule has 28 heavy (non-hydrogen) atoms. The van der Waals surface area contributed by atoms with Crippen molar-refractivity contribution in [1.29, 1.82) is 0 Å². The molecule has 0 atom stereocenters. The largest absolute Gasteiger partial charge is 0.382 e. The number of aromatic nitrogens is 2. The van der Waals surface area contributed by atoms with E-state index in [4.69, 9.17) is 14.6 Å². The molecule has 0 aliphatic rings. The van der Waals surface area contributed by atoms with Crippen LogP contribution in [-0.4, -0.2) is 54.6 Å². The highest BCUT2D eigenvalue weighted by Gasteiger charge is 2.16. The smallest absolute Gasteiger partial charge is 0.248 e. The van der Waals surface area contributed by atoms with Gasteiger partial charge in [0.2, 0.25) is 5.91 Å². The summed E-state index contributed by atoms with van der Waals surface area (Å²) >= 11 is 0. The SMILES string of the molecule is COCCOCC(=O)N(C)Cc1cn(-c2ccccc2)nc1-c1ccccc1. The van der Waals surface area contributed by atoms with Gasteiger partial charge in [0, 0.05) is 38.0 Å². The molecule has 0 spiro atoms. The summed E-state index contributed by atoms with van der Waals surface area (Å²) in [4.78, 5) is 14.0. The first-order valence-corrected chi connectivity index (χ1v) is 9.19. The number of para-hydroxylation sites is 1. The molecule has 1 heterocycles. The van der Waals surface area contributed by atoms with Crippen molar-refractivity contribution in [2.45, 2.75) is 6.54 Å². The molecule has 6 heteroatoms. The van der Waals surface area contributed by atoms with Crippen LogP contribution < -0.4 is 0 Å². The number of carbonyl (C=O) groups is 1. The fraction of sp³-hybridized carbons (Fsp3) is 0.273. The molecule has 146 valence electrons. The molecule has 3 aromatic rings. The second kappa shape index (κ2) is 9.82. The number of hydrogen-bond donors (Lipinski definition) is 0. The molecule has 3 rings (SSSR count). The van der Waals surface area contributed by atoms with Crippen molar-refractivity contribution in [2.75, 3.05) is 34.0 Å². The predicted octanol–water partition coefficient (Wildman–Crippen LogP) is 3.16. The number of rotatable bonds is 9. The van der Waals surface area contributed by atoms with Crippen molar-refractivity contribution in [3.05, 3.63) is 72.4 Å². The van der Waals surface area contributed by atoms with Gasteiger partial charge in [-0.25, -0.2) is 4.68 Å². The monoisotopic (exact) mass is 379 g/mol. The Kier molecular flexibility index (Phi) is 6.94. The van der Waals surface area contributed by atoms with E-state index in [-0.39, 0.29) is 12.5 Å². The van der Waals surface area contributed by atoms with Gasteiger partial charge in [0.25, 0.3) is 0 Å². The van der Waals surface area contributed by atoms with E-state index in [1.54, 1.807) is 19.1 Å². The average Bonchev–Trinajstić information content (AvgIpc) is 3.16. The van der Waals surface area contributed by atoms with Crippen molar-refractivity contribution in [3.8, 4) is 16.9 Å². The highest BCUT2D eigenvalue weighted by molar-refractivity contribution is 5.77. The lowest BCUT2D eigenvalue weighted by Crippen LogP contribution is -2.30. The Morgan fingerprint density at radius 3 is 2.39 bits per heavy atom. The van der Waals surface area contributed by atoms with Gasteiger partial charge in [0.1, 0.15) is 6.61 Å². The van der Waals surface area contributed by atoms with Crippen LogP contribution in [0.4, 0.5) is 0 Å². The third kappa shape index (κ3) is 5.06. The van der Waals surface area contributed by atoms with Gasteiger partial charge < -0.3 is 14.4 Å². The molecule has 0 radical (unpaired) electrons. The summed E-state index contributed by atoms with van der Waals surface area (Å²) in [5.41, 5.74) is 3.83. The van der Waals surface area contributed by atoms with Crippen LogP contribution in [0, 0.1) is 0 Å². The average molecular weight is 379 g/mol. The summed E-state index contributed by atoms with van der Waals surface area (Å²) < 4.78 is 12.1. The minimum absolute atomic E-state index is 0.0351.